The van der Waals surface area contributed by atoms with Crippen molar-refractivity contribution in [3.8, 4) is 0 Å². The van der Waals surface area contributed by atoms with Gasteiger partial charge >= 0.3 is 0 Å². The highest BCUT2D eigenvalue weighted by Crippen LogP contribution is 2.41. The molecule has 0 aromatic rings. The van der Waals surface area contributed by atoms with Crippen molar-refractivity contribution in [2.45, 2.75) is 39.4 Å². The highest BCUT2D eigenvalue weighted by Gasteiger charge is 2.22. The lowest BCUT2D eigenvalue weighted by Crippen LogP contribution is -2.11. The molecule has 17 heavy (non-hydrogen) atoms. The number of hydrogen-bond acceptors (Lipinski definition) is 1. The van der Waals surface area contributed by atoms with Gasteiger partial charge in [-0.05, 0) is 43.9 Å². The Morgan fingerprint density at radius 2 is 1.88 bits per heavy atom. The van der Waals surface area contributed by atoms with Crippen LogP contribution in [-0.2, 0) is 0 Å². The quantitative estimate of drug-likeness (QED) is 0.597. The van der Waals surface area contributed by atoms with Crippen LogP contribution in [0.3, 0.4) is 0 Å². The molecule has 1 unspecified atom stereocenters. The molecule has 0 amide bonds. The molecule has 0 aromatic carbocycles. The van der Waals surface area contributed by atoms with Crippen molar-refractivity contribution in [1.82, 2.24) is 0 Å². The molecule has 0 saturated heterocycles. The van der Waals surface area contributed by atoms with Crippen LogP contribution in [-0.4, -0.2) is 5.25 Å². The van der Waals surface area contributed by atoms with Crippen LogP contribution in [0.4, 0.5) is 0 Å². The third-order valence-electron chi connectivity index (χ3n) is 2.96. The fourth-order valence-corrected chi connectivity index (χ4v) is 3.43. The minimum absolute atomic E-state index is 0.418. The second-order valence-corrected chi connectivity index (χ2v) is 5.24. The van der Waals surface area contributed by atoms with Gasteiger partial charge in [0.25, 0.3) is 0 Å². The molecule has 1 rings (SSSR count). The van der Waals surface area contributed by atoms with Gasteiger partial charge in [0.1, 0.15) is 0 Å². The van der Waals surface area contributed by atoms with Gasteiger partial charge in [0.2, 0.25) is 0 Å². The summed E-state index contributed by atoms with van der Waals surface area (Å²) in [4.78, 5) is 1.36. The van der Waals surface area contributed by atoms with Crippen LogP contribution in [0.15, 0.2) is 58.6 Å². The van der Waals surface area contributed by atoms with E-state index in [0.717, 1.165) is 6.42 Å². The van der Waals surface area contributed by atoms with Gasteiger partial charge < -0.3 is 0 Å². The highest BCUT2D eigenvalue weighted by molar-refractivity contribution is 8.04. The van der Waals surface area contributed by atoms with E-state index in [0.29, 0.717) is 5.25 Å². The van der Waals surface area contributed by atoms with Gasteiger partial charge in [-0.1, -0.05) is 37.3 Å². The molecule has 0 N–H and O–H groups in total. The van der Waals surface area contributed by atoms with Crippen LogP contribution in [0.1, 0.15) is 34.1 Å². The van der Waals surface area contributed by atoms with Crippen molar-refractivity contribution < 1.29 is 0 Å². The summed E-state index contributed by atoms with van der Waals surface area (Å²) in [7, 11) is 0. The molecule has 0 nitrogen and oxygen atoms in total. The summed E-state index contributed by atoms with van der Waals surface area (Å²) in [5.41, 5.74) is 4.28. The van der Waals surface area contributed by atoms with Crippen LogP contribution in [0.25, 0.3) is 0 Å². The minimum atomic E-state index is 0.418. The van der Waals surface area contributed by atoms with Gasteiger partial charge in [-0.3, -0.25) is 0 Å². The van der Waals surface area contributed by atoms with Crippen molar-refractivity contribution in [1.29, 1.82) is 0 Å². The number of allylic oxidation sites excluding steroid dienone is 6. The fourth-order valence-electron chi connectivity index (χ4n) is 2.12. The molecule has 1 aliphatic heterocycles. The van der Waals surface area contributed by atoms with Crippen molar-refractivity contribution >= 4 is 11.8 Å². The molecule has 1 heterocycles. The molecule has 1 heteroatoms. The second kappa shape index (κ2) is 6.70. The monoisotopic (exact) mass is 246 g/mol. The predicted octanol–water partition coefficient (Wildman–Crippen LogP) is 5.42. The highest BCUT2D eigenvalue weighted by atomic mass is 32.2. The van der Waals surface area contributed by atoms with E-state index in [4.69, 9.17) is 0 Å². The first-order chi connectivity index (χ1) is 8.19. The first-order valence-electron chi connectivity index (χ1n) is 6.18. The van der Waals surface area contributed by atoms with E-state index in [9.17, 15) is 0 Å². The van der Waals surface area contributed by atoms with Crippen molar-refractivity contribution in [3.63, 3.8) is 0 Å². The normalized spacial score (nSPS) is 22.0. The van der Waals surface area contributed by atoms with E-state index in [1.54, 1.807) is 0 Å². The Labute approximate surface area is 110 Å². The zero-order valence-corrected chi connectivity index (χ0v) is 12.1. The molecule has 0 spiro atoms. The van der Waals surface area contributed by atoms with Crippen LogP contribution in [0, 0.1) is 0 Å². The number of rotatable bonds is 4. The number of hydrogen-bond donors (Lipinski definition) is 0. The average Bonchev–Trinajstić information content (AvgIpc) is 2.34. The van der Waals surface area contributed by atoms with Gasteiger partial charge in [0.15, 0.2) is 0 Å². The Morgan fingerprint density at radius 3 is 2.35 bits per heavy atom. The second-order valence-electron chi connectivity index (χ2n) is 4.06. The molecule has 0 radical (unpaired) electrons. The van der Waals surface area contributed by atoms with E-state index in [-0.39, 0.29) is 0 Å². The van der Waals surface area contributed by atoms with Crippen LogP contribution in [0.5, 0.6) is 0 Å². The summed E-state index contributed by atoms with van der Waals surface area (Å²) < 4.78 is 0. The van der Waals surface area contributed by atoms with Crippen LogP contribution < -0.4 is 0 Å². The molecule has 1 aliphatic rings. The van der Waals surface area contributed by atoms with Gasteiger partial charge in [-0.2, -0.15) is 0 Å². The maximum absolute atomic E-state index is 3.97. The minimum Gasteiger partial charge on any atom is -0.114 e. The third kappa shape index (κ3) is 3.04. The maximum Gasteiger partial charge on any atom is 0.0490 e. The molecule has 0 aliphatic carbocycles. The van der Waals surface area contributed by atoms with Crippen molar-refractivity contribution in [2.75, 3.05) is 0 Å². The molecule has 1 atom stereocenters. The zero-order valence-electron chi connectivity index (χ0n) is 11.3. The molecular formula is C16H22S. The summed E-state index contributed by atoms with van der Waals surface area (Å²) in [6.45, 7) is 12.6. The molecule has 92 valence electrons. The van der Waals surface area contributed by atoms with Gasteiger partial charge in [0.05, 0.1) is 0 Å². The third-order valence-corrected chi connectivity index (χ3v) is 4.39. The molecule has 0 bridgehead atoms. The Hall–Kier alpha value is -0.950. The summed E-state index contributed by atoms with van der Waals surface area (Å²) in [5.74, 6) is 0. The largest absolute Gasteiger partial charge is 0.114 e. The van der Waals surface area contributed by atoms with E-state index in [1.807, 2.05) is 11.8 Å². The first kappa shape index (κ1) is 14.1. The van der Waals surface area contributed by atoms with Gasteiger partial charge in [-0.15, -0.1) is 18.3 Å². The lowest BCUT2D eigenvalue weighted by molar-refractivity contribution is 1.01. The smallest absolute Gasteiger partial charge is 0.0490 e. The van der Waals surface area contributed by atoms with Gasteiger partial charge in [-0.25, -0.2) is 0 Å². The Kier molecular flexibility index (Phi) is 5.57. The Morgan fingerprint density at radius 1 is 1.24 bits per heavy atom. The van der Waals surface area contributed by atoms with E-state index in [2.05, 4.69) is 64.7 Å². The fraction of sp³-hybridized carbons (Fsp3) is 0.375. The van der Waals surface area contributed by atoms with Crippen LogP contribution in [0.2, 0.25) is 0 Å². The first-order valence-corrected chi connectivity index (χ1v) is 7.06. The standard InChI is InChI=1S/C16H22S/c1-6-10-14-12(5)16(11-7-2)17-15(9-4)13(14)8-3/h6-7,9-11,15H,4,8H2,1-3,5H3/b10-6-,11-7-. The molecule has 0 saturated carbocycles. The summed E-state index contributed by atoms with van der Waals surface area (Å²) >= 11 is 1.91. The molecule has 0 fully saturated rings. The molecule has 0 aromatic heterocycles. The zero-order chi connectivity index (χ0) is 12.8. The summed E-state index contributed by atoms with van der Waals surface area (Å²) in [6.07, 6.45) is 11.8. The topological polar surface area (TPSA) is 0 Å². The van der Waals surface area contributed by atoms with Crippen molar-refractivity contribution in [2.24, 2.45) is 0 Å². The number of thioether (sulfide) groups is 1. The Bertz CT molecular complexity index is 405. The van der Waals surface area contributed by atoms with E-state index in [1.165, 1.54) is 21.6 Å². The lowest BCUT2D eigenvalue weighted by atomic mass is 9.95. The maximum atomic E-state index is 3.97. The van der Waals surface area contributed by atoms with E-state index < -0.39 is 0 Å². The predicted molar refractivity (Wildman–Crippen MR) is 81.2 cm³/mol. The van der Waals surface area contributed by atoms with Crippen molar-refractivity contribution in [3.05, 3.63) is 58.6 Å². The van der Waals surface area contributed by atoms with E-state index >= 15 is 0 Å². The lowest BCUT2D eigenvalue weighted by Gasteiger charge is -2.26. The summed E-state index contributed by atoms with van der Waals surface area (Å²) in [5, 5.41) is 0.418. The summed E-state index contributed by atoms with van der Waals surface area (Å²) in [6, 6.07) is 0. The van der Waals surface area contributed by atoms with Gasteiger partial charge in [0, 0.05) is 10.2 Å². The Balaban J connectivity index is 3.35. The SMILES string of the molecule is C=CC1SC(/C=C\C)=C(C)C(/C=C\C)=C1CC. The average molecular weight is 246 g/mol. The molecular weight excluding hydrogens is 224 g/mol. The van der Waals surface area contributed by atoms with Crippen LogP contribution >= 0.6 is 11.8 Å².